The van der Waals surface area contributed by atoms with Crippen molar-refractivity contribution in [3.8, 4) is 0 Å². The summed E-state index contributed by atoms with van der Waals surface area (Å²) in [4.78, 5) is 16.3. The summed E-state index contributed by atoms with van der Waals surface area (Å²) in [6.07, 6.45) is 3.01. The maximum Gasteiger partial charge on any atom is 0.315 e. The van der Waals surface area contributed by atoms with Crippen LogP contribution in [0.4, 0.5) is 0 Å². The van der Waals surface area contributed by atoms with Gasteiger partial charge in [-0.3, -0.25) is 4.79 Å². The van der Waals surface area contributed by atoms with Gasteiger partial charge < -0.3 is 9.84 Å². The SMILES string of the molecule is COC(=O)C(C)(C)C=Cc1ccc2c(Cl)cc(C(C)O)nc2c1C. The van der Waals surface area contributed by atoms with Crippen LogP contribution in [0.5, 0.6) is 0 Å². The van der Waals surface area contributed by atoms with E-state index in [1.165, 1.54) is 7.11 Å². The normalized spacial score (nSPS) is 13.5. The van der Waals surface area contributed by atoms with E-state index < -0.39 is 11.5 Å². The number of ether oxygens (including phenoxy) is 1. The Kier molecular flexibility index (Phi) is 5.31. The van der Waals surface area contributed by atoms with Gasteiger partial charge in [-0.05, 0) is 44.9 Å². The zero-order chi connectivity index (χ0) is 18.1. The van der Waals surface area contributed by atoms with E-state index in [-0.39, 0.29) is 5.97 Å². The van der Waals surface area contributed by atoms with E-state index in [2.05, 4.69) is 4.98 Å². The number of hydrogen-bond donors (Lipinski definition) is 1. The van der Waals surface area contributed by atoms with Crippen LogP contribution >= 0.6 is 11.6 Å². The highest BCUT2D eigenvalue weighted by atomic mass is 35.5. The molecule has 1 atom stereocenters. The van der Waals surface area contributed by atoms with Gasteiger partial charge in [0, 0.05) is 5.39 Å². The van der Waals surface area contributed by atoms with E-state index in [0.29, 0.717) is 10.7 Å². The molecule has 1 N–H and O–H groups in total. The molecule has 128 valence electrons. The first-order valence-corrected chi connectivity index (χ1v) is 8.10. The van der Waals surface area contributed by atoms with Crippen molar-refractivity contribution >= 4 is 34.5 Å². The molecule has 0 radical (unpaired) electrons. The quantitative estimate of drug-likeness (QED) is 0.829. The summed E-state index contributed by atoms with van der Waals surface area (Å²) < 4.78 is 4.81. The number of halogens is 1. The molecule has 1 aromatic carbocycles. The van der Waals surface area contributed by atoms with Crippen LogP contribution in [-0.4, -0.2) is 23.2 Å². The van der Waals surface area contributed by atoms with Gasteiger partial charge in [0.15, 0.2) is 0 Å². The van der Waals surface area contributed by atoms with E-state index >= 15 is 0 Å². The molecule has 0 aliphatic rings. The molecular formula is C19H22ClNO3. The molecule has 0 bridgehead atoms. The highest BCUT2D eigenvalue weighted by molar-refractivity contribution is 6.35. The standard InChI is InChI=1S/C19H22ClNO3/c1-11-13(8-9-19(3,4)18(23)24-5)6-7-14-15(20)10-16(12(2)22)21-17(11)14/h6-10,12,22H,1-5H3. The fourth-order valence-corrected chi connectivity index (χ4v) is 2.71. The lowest BCUT2D eigenvalue weighted by atomic mass is 9.91. The van der Waals surface area contributed by atoms with Crippen molar-refractivity contribution < 1.29 is 14.6 Å². The van der Waals surface area contributed by atoms with Crippen LogP contribution in [0.1, 0.15) is 43.7 Å². The lowest BCUT2D eigenvalue weighted by Crippen LogP contribution is -2.22. The maximum absolute atomic E-state index is 11.8. The maximum atomic E-state index is 11.8. The first-order chi connectivity index (χ1) is 11.2. The van der Waals surface area contributed by atoms with Crippen LogP contribution < -0.4 is 0 Å². The van der Waals surface area contributed by atoms with Crippen molar-refractivity contribution in [3.63, 3.8) is 0 Å². The number of aliphatic hydroxyl groups is 1. The molecule has 0 aliphatic heterocycles. The number of methoxy groups -OCH3 is 1. The van der Waals surface area contributed by atoms with Gasteiger partial charge in [0.25, 0.3) is 0 Å². The van der Waals surface area contributed by atoms with Gasteiger partial charge in [-0.2, -0.15) is 0 Å². The lowest BCUT2D eigenvalue weighted by molar-refractivity contribution is -0.148. The van der Waals surface area contributed by atoms with Crippen LogP contribution in [0.3, 0.4) is 0 Å². The number of nitrogens with zero attached hydrogens (tertiary/aromatic N) is 1. The van der Waals surface area contributed by atoms with Crippen LogP contribution in [0.2, 0.25) is 5.02 Å². The Morgan fingerprint density at radius 1 is 1.42 bits per heavy atom. The molecule has 0 spiro atoms. The second kappa shape index (κ2) is 6.91. The number of fused-ring (bicyclic) bond motifs is 1. The molecule has 5 heteroatoms. The highest BCUT2D eigenvalue weighted by Gasteiger charge is 2.25. The van der Waals surface area contributed by atoms with E-state index in [1.807, 2.05) is 31.2 Å². The number of rotatable bonds is 4. The number of esters is 1. The van der Waals surface area contributed by atoms with Gasteiger partial charge in [0.1, 0.15) is 0 Å². The molecule has 0 fully saturated rings. The third-order valence-corrected chi connectivity index (χ3v) is 4.38. The third-order valence-electron chi connectivity index (χ3n) is 4.06. The number of benzene rings is 1. The number of carbonyl (C=O) groups is 1. The van der Waals surface area contributed by atoms with E-state index in [1.54, 1.807) is 26.8 Å². The first kappa shape index (κ1) is 18.4. The molecule has 0 amide bonds. The largest absolute Gasteiger partial charge is 0.468 e. The van der Waals surface area contributed by atoms with Gasteiger partial charge in [-0.25, -0.2) is 4.98 Å². The predicted molar refractivity (Wildman–Crippen MR) is 97.0 cm³/mol. The molecule has 4 nitrogen and oxygen atoms in total. The summed E-state index contributed by atoms with van der Waals surface area (Å²) in [6, 6.07) is 5.52. The Morgan fingerprint density at radius 3 is 2.67 bits per heavy atom. The van der Waals surface area contributed by atoms with Crippen LogP contribution in [0.25, 0.3) is 17.0 Å². The molecule has 1 aromatic heterocycles. The van der Waals surface area contributed by atoms with Gasteiger partial charge in [0.05, 0.1) is 34.9 Å². The Balaban J connectivity index is 2.54. The molecule has 24 heavy (non-hydrogen) atoms. The van der Waals surface area contributed by atoms with Crippen LogP contribution in [0.15, 0.2) is 24.3 Å². The third kappa shape index (κ3) is 3.60. The van der Waals surface area contributed by atoms with Crippen LogP contribution in [0, 0.1) is 12.3 Å². The van der Waals surface area contributed by atoms with Crippen molar-refractivity contribution in [2.75, 3.05) is 7.11 Å². The van der Waals surface area contributed by atoms with Crippen molar-refractivity contribution in [1.29, 1.82) is 0 Å². The molecule has 1 unspecified atom stereocenters. The summed E-state index contributed by atoms with van der Waals surface area (Å²) in [5.41, 5.74) is 2.44. The van der Waals surface area contributed by atoms with Crippen molar-refractivity contribution in [2.24, 2.45) is 5.41 Å². The minimum Gasteiger partial charge on any atom is -0.468 e. The second-order valence-corrected chi connectivity index (χ2v) is 6.83. The molecule has 0 saturated heterocycles. The van der Waals surface area contributed by atoms with Crippen molar-refractivity contribution in [2.45, 2.75) is 33.8 Å². The Labute approximate surface area is 147 Å². The summed E-state index contributed by atoms with van der Waals surface area (Å²) in [7, 11) is 1.38. The minimum atomic E-state index is -0.720. The number of carbonyl (C=O) groups excluding carboxylic acids is 1. The Bertz CT molecular complexity index is 810. The number of pyridine rings is 1. The number of aryl methyl sites for hydroxylation is 1. The topological polar surface area (TPSA) is 59.4 Å². The molecule has 0 saturated carbocycles. The van der Waals surface area contributed by atoms with Gasteiger partial charge in [-0.15, -0.1) is 0 Å². The smallest absolute Gasteiger partial charge is 0.315 e. The zero-order valence-corrected chi connectivity index (χ0v) is 15.3. The zero-order valence-electron chi connectivity index (χ0n) is 14.6. The molecule has 2 aromatic rings. The van der Waals surface area contributed by atoms with Gasteiger partial charge in [0.2, 0.25) is 0 Å². The molecule has 1 heterocycles. The average molecular weight is 348 g/mol. The van der Waals surface area contributed by atoms with Crippen LogP contribution in [-0.2, 0) is 9.53 Å². The first-order valence-electron chi connectivity index (χ1n) is 7.73. The Hall–Kier alpha value is -1.91. The van der Waals surface area contributed by atoms with Crippen molar-refractivity contribution in [3.05, 3.63) is 46.1 Å². The fourth-order valence-electron chi connectivity index (χ4n) is 2.45. The van der Waals surface area contributed by atoms with E-state index in [4.69, 9.17) is 16.3 Å². The Morgan fingerprint density at radius 2 is 2.08 bits per heavy atom. The van der Waals surface area contributed by atoms with E-state index in [9.17, 15) is 9.90 Å². The number of hydrogen-bond acceptors (Lipinski definition) is 4. The van der Waals surface area contributed by atoms with Crippen molar-refractivity contribution in [1.82, 2.24) is 4.98 Å². The fraction of sp³-hybridized carbons (Fsp3) is 0.368. The van der Waals surface area contributed by atoms with Gasteiger partial charge >= 0.3 is 5.97 Å². The minimum absolute atomic E-state index is 0.297. The number of aliphatic hydroxyl groups excluding tert-OH is 1. The highest BCUT2D eigenvalue weighted by Crippen LogP contribution is 2.30. The predicted octanol–water partition coefficient (Wildman–Crippen LogP) is 4.46. The van der Waals surface area contributed by atoms with E-state index in [0.717, 1.165) is 22.0 Å². The summed E-state index contributed by atoms with van der Waals surface area (Å²) in [6.45, 7) is 7.20. The second-order valence-electron chi connectivity index (χ2n) is 6.43. The summed E-state index contributed by atoms with van der Waals surface area (Å²) >= 11 is 6.31. The monoisotopic (exact) mass is 347 g/mol. The molecule has 2 rings (SSSR count). The summed E-state index contributed by atoms with van der Waals surface area (Å²) in [5, 5.41) is 11.2. The summed E-state index contributed by atoms with van der Waals surface area (Å²) in [5.74, 6) is -0.297. The molecule has 0 aliphatic carbocycles. The molecular weight excluding hydrogens is 326 g/mol. The average Bonchev–Trinajstić information content (AvgIpc) is 2.53. The lowest BCUT2D eigenvalue weighted by Gasteiger charge is -2.17. The number of aromatic nitrogens is 1. The van der Waals surface area contributed by atoms with Gasteiger partial charge in [-0.1, -0.05) is 35.9 Å².